The van der Waals surface area contributed by atoms with Crippen molar-refractivity contribution in [2.24, 2.45) is 0 Å². The molecule has 0 heterocycles. The summed E-state index contributed by atoms with van der Waals surface area (Å²) in [6.07, 6.45) is 0. The molecule has 0 amide bonds. The highest BCUT2D eigenvalue weighted by Crippen LogP contribution is 2.22. The van der Waals surface area contributed by atoms with Gasteiger partial charge >= 0.3 is 40.9 Å². The molecule has 8 nitrogen and oxygen atoms in total. The molecule has 0 aliphatic heterocycles. The molecule has 2 unspecified atom stereocenters. The van der Waals surface area contributed by atoms with Gasteiger partial charge in [0.2, 0.25) is 0 Å². The first kappa shape index (κ1) is 19.5. The number of rotatable bonds is 7. The fraction of sp³-hybridized carbons (Fsp3) is 1.00. The van der Waals surface area contributed by atoms with Crippen molar-refractivity contribution in [3.63, 3.8) is 0 Å². The monoisotopic (exact) mass is 386 g/mol. The minimum absolute atomic E-state index is 2.39. The Morgan fingerprint density at radius 2 is 0.750 bits per heavy atom. The Bertz CT molecular complexity index is 694. The van der Waals surface area contributed by atoms with Crippen LogP contribution in [0.4, 0.5) is 15.5 Å². The van der Waals surface area contributed by atoms with Crippen LogP contribution in [0.3, 0.4) is 0 Å². The average Bonchev–Trinajstić information content (AvgIpc) is 2.04. The standard InChI is InChI=1S/C4H6F4O8S4/c5-17(9,10)1-3(19(7,13)14)4(20(8,15)16)2-18(6,11)12/h3-4H,1-2H2. The van der Waals surface area contributed by atoms with Gasteiger partial charge in [-0.2, -0.15) is 33.7 Å². The van der Waals surface area contributed by atoms with E-state index in [-0.39, 0.29) is 0 Å². The fourth-order valence-electron chi connectivity index (χ4n) is 1.13. The van der Waals surface area contributed by atoms with E-state index >= 15 is 0 Å². The van der Waals surface area contributed by atoms with Crippen molar-refractivity contribution in [2.75, 3.05) is 11.5 Å². The molecule has 0 bridgehead atoms. The zero-order valence-electron chi connectivity index (χ0n) is 8.98. The highest BCUT2D eigenvalue weighted by molar-refractivity contribution is 7.94. The third-order valence-electron chi connectivity index (χ3n) is 1.86. The van der Waals surface area contributed by atoms with Crippen molar-refractivity contribution in [3.05, 3.63) is 0 Å². The first-order valence-corrected chi connectivity index (χ1v) is 10.1. The second kappa shape index (κ2) is 5.72. The fourth-order valence-corrected chi connectivity index (χ4v) is 6.61. The van der Waals surface area contributed by atoms with E-state index in [1.165, 1.54) is 0 Å². The second-order valence-corrected chi connectivity index (χ2v) is 9.37. The molecule has 0 N–H and O–H groups in total. The first-order valence-electron chi connectivity index (χ1n) is 4.15. The predicted octanol–water partition coefficient (Wildman–Crippen LogP) is -1.08. The van der Waals surface area contributed by atoms with Crippen molar-refractivity contribution in [2.45, 2.75) is 10.5 Å². The molecule has 0 radical (unpaired) electrons. The summed E-state index contributed by atoms with van der Waals surface area (Å²) in [6.45, 7) is 0. The van der Waals surface area contributed by atoms with Gasteiger partial charge in [-0.25, -0.2) is 0 Å². The van der Waals surface area contributed by atoms with Crippen LogP contribution in [0.1, 0.15) is 0 Å². The zero-order chi connectivity index (χ0) is 16.6. The molecular formula is C4H6F4O8S4. The molecule has 2 atom stereocenters. The summed E-state index contributed by atoms with van der Waals surface area (Å²) in [6, 6.07) is 0. The minimum atomic E-state index is -6.22. The average molecular weight is 386 g/mol. The Kier molecular flexibility index (Phi) is 5.58. The molecule has 0 aliphatic rings. The summed E-state index contributed by atoms with van der Waals surface area (Å²) >= 11 is 0. The summed E-state index contributed by atoms with van der Waals surface area (Å²) < 4.78 is 133. The van der Waals surface area contributed by atoms with Crippen LogP contribution in [0, 0.1) is 0 Å². The minimum Gasteiger partial charge on any atom is -0.195 e. The first-order chi connectivity index (χ1) is 8.43. The van der Waals surface area contributed by atoms with Crippen LogP contribution in [0.25, 0.3) is 0 Å². The van der Waals surface area contributed by atoms with E-state index in [1.54, 1.807) is 0 Å². The maximum atomic E-state index is 12.7. The van der Waals surface area contributed by atoms with Gasteiger partial charge in [-0.05, 0) is 0 Å². The third kappa shape index (κ3) is 7.34. The lowest BCUT2D eigenvalue weighted by molar-refractivity contribution is 0.500. The summed E-state index contributed by atoms with van der Waals surface area (Å²) in [4.78, 5) is 0. The van der Waals surface area contributed by atoms with Crippen LogP contribution >= 0.6 is 0 Å². The van der Waals surface area contributed by atoms with Crippen molar-refractivity contribution < 1.29 is 49.2 Å². The lowest BCUT2D eigenvalue weighted by atomic mass is 10.3. The van der Waals surface area contributed by atoms with Gasteiger partial charge in [0.1, 0.15) is 22.0 Å². The van der Waals surface area contributed by atoms with Crippen molar-refractivity contribution >= 4 is 40.9 Å². The largest absolute Gasteiger partial charge is 0.307 e. The lowest BCUT2D eigenvalue weighted by Gasteiger charge is -2.17. The van der Waals surface area contributed by atoms with Crippen LogP contribution in [-0.4, -0.2) is 55.7 Å². The van der Waals surface area contributed by atoms with E-state index in [9.17, 15) is 49.2 Å². The highest BCUT2D eigenvalue weighted by Gasteiger charge is 2.47. The SMILES string of the molecule is O=S(=O)(F)CC(C(CS(=O)(=O)F)S(=O)(=O)F)S(=O)(=O)F. The third-order valence-corrected chi connectivity index (χ3v) is 6.41. The molecule has 0 aromatic rings. The Labute approximate surface area is 112 Å². The van der Waals surface area contributed by atoms with Crippen LogP contribution in [0.2, 0.25) is 0 Å². The van der Waals surface area contributed by atoms with E-state index in [4.69, 9.17) is 0 Å². The normalized spacial score (nSPS) is 17.6. The van der Waals surface area contributed by atoms with Gasteiger partial charge in [0.25, 0.3) is 0 Å². The molecule has 0 aliphatic carbocycles. The molecular weight excluding hydrogens is 380 g/mol. The highest BCUT2D eigenvalue weighted by atomic mass is 32.3. The van der Waals surface area contributed by atoms with E-state index < -0.39 is 62.9 Å². The summed E-state index contributed by atoms with van der Waals surface area (Å²) in [5.74, 6) is -4.79. The molecule has 0 saturated carbocycles. The number of hydrogen-bond donors (Lipinski definition) is 0. The van der Waals surface area contributed by atoms with Gasteiger partial charge in [0.05, 0.1) is 0 Å². The van der Waals surface area contributed by atoms with Crippen LogP contribution in [-0.2, 0) is 40.9 Å². The summed E-state index contributed by atoms with van der Waals surface area (Å²) in [7, 11) is -24.1. The second-order valence-electron chi connectivity index (χ2n) is 3.44. The summed E-state index contributed by atoms with van der Waals surface area (Å²) in [5, 5.41) is -6.95. The van der Waals surface area contributed by atoms with Crippen LogP contribution in [0.15, 0.2) is 0 Å². The van der Waals surface area contributed by atoms with Gasteiger partial charge < -0.3 is 0 Å². The molecule has 122 valence electrons. The van der Waals surface area contributed by atoms with E-state index in [1.807, 2.05) is 0 Å². The van der Waals surface area contributed by atoms with Gasteiger partial charge in [0, 0.05) is 0 Å². The van der Waals surface area contributed by atoms with E-state index in [2.05, 4.69) is 0 Å². The van der Waals surface area contributed by atoms with Gasteiger partial charge in [0.15, 0.2) is 0 Å². The molecule has 16 heteroatoms. The van der Waals surface area contributed by atoms with Crippen molar-refractivity contribution in [1.82, 2.24) is 0 Å². The molecule has 0 fully saturated rings. The molecule has 0 aromatic carbocycles. The Balaban J connectivity index is 6.05. The maximum Gasteiger partial charge on any atom is 0.307 e. The van der Waals surface area contributed by atoms with Crippen LogP contribution in [0.5, 0.6) is 0 Å². The Morgan fingerprint density at radius 1 is 0.550 bits per heavy atom. The molecule has 0 saturated heterocycles. The van der Waals surface area contributed by atoms with Crippen molar-refractivity contribution in [3.8, 4) is 0 Å². The Hall–Kier alpha value is -0.480. The number of halogens is 4. The quantitative estimate of drug-likeness (QED) is 0.398. The zero-order valence-corrected chi connectivity index (χ0v) is 12.2. The maximum absolute atomic E-state index is 12.7. The molecule has 0 spiro atoms. The number of hydrogen-bond acceptors (Lipinski definition) is 8. The molecule has 0 aromatic heterocycles. The lowest BCUT2D eigenvalue weighted by Crippen LogP contribution is -2.44. The smallest absolute Gasteiger partial charge is 0.195 e. The van der Waals surface area contributed by atoms with Gasteiger partial charge in [-0.1, -0.05) is 0 Å². The van der Waals surface area contributed by atoms with E-state index in [0.717, 1.165) is 0 Å². The molecule has 20 heavy (non-hydrogen) atoms. The predicted molar refractivity (Wildman–Crippen MR) is 57.4 cm³/mol. The topological polar surface area (TPSA) is 137 Å². The summed E-state index contributed by atoms with van der Waals surface area (Å²) in [5.41, 5.74) is 0. The van der Waals surface area contributed by atoms with E-state index in [0.29, 0.717) is 0 Å². The van der Waals surface area contributed by atoms with Crippen molar-refractivity contribution in [1.29, 1.82) is 0 Å². The molecule has 0 rings (SSSR count). The Morgan fingerprint density at radius 3 is 0.850 bits per heavy atom. The van der Waals surface area contributed by atoms with Gasteiger partial charge in [-0.3, -0.25) is 0 Å². The van der Waals surface area contributed by atoms with Gasteiger partial charge in [-0.15, -0.1) is 15.5 Å². The van der Waals surface area contributed by atoms with Crippen LogP contribution < -0.4 is 0 Å².